The van der Waals surface area contributed by atoms with Crippen molar-refractivity contribution in [1.29, 1.82) is 0 Å². The summed E-state index contributed by atoms with van der Waals surface area (Å²) in [6.07, 6.45) is 3.78. The molecule has 0 radical (unpaired) electrons. The minimum absolute atomic E-state index is 0.00154. The van der Waals surface area contributed by atoms with Crippen molar-refractivity contribution in [3.8, 4) is 0 Å². The summed E-state index contributed by atoms with van der Waals surface area (Å²) in [6.45, 7) is 7.47. The highest BCUT2D eigenvalue weighted by atomic mass is 32.2. The maximum atomic E-state index is 13.3. The first-order valence-corrected chi connectivity index (χ1v) is 14.2. The van der Waals surface area contributed by atoms with Crippen LogP contribution in [0.5, 0.6) is 0 Å². The van der Waals surface area contributed by atoms with Crippen molar-refractivity contribution in [1.82, 2.24) is 20.2 Å². The van der Waals surface area contributed by atoms with Crippen LogP contribution in [0.1, 0.15) is 31.1 Å². The first-order valence-electron chi connectivity index (χ1n) is 12.7. The van der Waals surface area contributed by atoms with Crippen molar-refractivity contribution < 1.29 is 27.6 Å². The SMILES string of the molecule is C=CC(N1CCOCC1)S(=O)(=O)c1ccc(Nc2ncnc(C(CC3CCNCC3)OC=O)c2[N+](=O)[O-])cc1. The number of hydrogen-bond acceptors (Lipinski definition) is 12. The lowest BCUT2D eigenvalue weighted by Gasteiger charge is -2.32. The van der Waals surface area contributed by atoms with Gasteiger partial charge in [-0.05, 0) is 62.5 Å². The standard InChI is InChI=1S/C25H32N6O7S/c1-2-22(30-11-13-37-14-12-30)39(35,36)20-5-3-19(4-6-20)29-25-24(31(33)34)23(27-16-28-25)21(38-17-32)15-18-7-9-26-10-8-18/h2-6,16-18,21-22,26H,1,7-15H2,(H,27,28,29). The van der Waals surface area contributed by atoms with Crippen molar-refractivity contribution in [2.75, 3.05) is 44.7 Å². The Kier molecular flexibility index (Phi) is 9.56. The van der Waals surface area contributed by atoms with E-state index < -0.39 is 31.9 Å². The Morgan fingerprint density at radius 2 is 1.92 bits per heavy atom. The number of benzene rings is 1. The molecule has 14 heteroatoms. The van der Waals surface area contributed by atoms with Gasteiger partial charge in [-0.25, -0.2) is 18.4 Å². The number of nitro groups is 1. The predicted octanol–water partition coefficient (Wildman–Crippen LogP) is 2.35. The number of anilines is 2. The van der Waals surface area contributed by atoms with Crippen molar-refractivity contribution in [3.63, 3.8) is 0 Å². The minimum Gasteiger partial charge on any atom is -0.458 e. The Balaban J connectivity index is 1.57. The summed E-state index contributed by atoms with van der Waals surface area (Å²) in [5.74, 6) is 0.122. The van der Waals surface area contributed by atoms with Gasteiger partial charge in [0.25, 0.3) is 6.47 Å². The van der Waals surface area contributed by atoms with E-state index in [4.69, 9.17) is 9.47 Å². The highest BCUT2D eigenvalue weighted by Gasteiger charge is 2.33. The summed E-state index contributed by atoms with van der Waals surface area (Å²) in [6, 6.07) is 5.87. The molecule has 2 fully saturated rings. The van der Waals surface area contributed by atoms with Crippen molar-refractivity contribution in [3.05, 3.63) is 59.1 Å². The van der Waals surface area contributed by atoms with Crippen LogP contribution in [0.15, 0.2) is 48.1 Å². The highest BCUT2D eigenvalue weighted by Crippen LogP contribution is 2.37. The Labute approximate surface area is 226 Å². The van der Waals surface area contributed by atoms with E-state index in [1.807, 2.05) is 0 Å². The van der Waals surface area contributed by atoms with Gasteiger partial charge in [-0.1, -0.05) is 6.08 Å². The molecular formula is C25H32N6O7S. The van der Waals surface area contributed by atoms with Gasteiger partial charge < -0.3 is 20.1 Å². The third-order valence-corrected chi connectivity index (χ3v) is 8.99. The van der Waals surface area contributed by atoms with Crippen LogP contribution in [0, 0.1) is 16.0 Å². The molecule has 210 valence electrons. The molecule has 2 unspecified atom stereocenters. The van der Waals surface area contributed by atoms with Crippen LogP contribution < -0.4 is 10.6 Å². The number of carbonyl (C=O) groups is 1. The monoisotopic (exact) mass is 560 g/mol. The van der Waals surface area contributed by atoms with Gasteiger partial charge in [-0.15, -0.1) is 6.58 Å². The summed E-state index contributed by atoms with van der Waals surface area (Å²) < 4.78 is 37.2. The Hall–Kier alpha value is -3.46. The fourth-order valence-electron chi connectivity index (χ4n) is 4.93. The summed E-state index contributed by atoms with van der Waals surface area (Å²) >= 11 is 0. The molecule has 0 bridgehead atoms. The zero-order valence-electron chi connectivity index (χ0n) is 21.4. The van der Waals surface area contributed by atoms with Crippen LogP contribution in [0.3, 0.4) is 0 Å². The normalized spacial score (nSPS) is 18.6. The second-order valence-electron chi connectivity index (χ2n) is 9.33. The van der Waals surface area contributed by atoms with Crippen LogP contribution in [0.25, 0.3) is 0 Å². The molecule has 0 aliphatic carbocycles. The zero-order chi connectivity index (χ0) is 27.8. The highest BCUT2D eigenvalue weighted by molar-refractivity contribution is 7.92. The summed E-state index contributed by atoms with van der Waals surface area (Å²) in [5.41, 5.74) is -0.0230. The zero-order valence-corrected chi connectivity index (χ0v) is 22.2. The van der Waals surface area contributed by atoms with Crippen molar-refractivity contribution in [2.24, 2.45) is 5.92 Å². The number of morpholine rings is 1. The number of hydrogen-bond donors (Lipinski definition) is 2. The number of sulfone groups is 1. The maximum Gasteiger partial charge on any atom is 0.336 e. The third kappa shape index (κ3) is 6.76. The lowest BCUT2D eigenvalue weighted by Crippen LogP contribution is -2.46. The number of nitrogens with one attached hydrogen (secondary N) is 2. The second kappa shape index (κ2) is 13.1. The van der Waals surface area contributed by atoms with Gasteiger partial charge in [-0.2, -0.15) is 0 Å². The number of nitrogens with zero attached hydrogens (tertiary/aromatic N) is 4. The molecule has 2 aliphatic heterocycles. The van der Waals surface area contributed by atoms with E-state index in [2.05, 4.69) is 27.2 Å². The van der Waals surface area contributed by atoms with E-state index in [1.165, 1.54) is 36.7 Å². The van der Waals surface area contributed by atoms with Crippen molar-refractivity contribution >= 4 is 33.5 Å². The number of aromatic nitrogens is 2. The lowest BCUT2D eigenvalue weighted by atomic mass is 9.90. The van der Waals surface area contributed by atoms with Gasteiger partial charge in [0.2, 0.25) is 5.82 Å². The quantitative estimate of drug-likeness (QED) is 0.169. The molecule has 13 nitrogen and oxygen atoms in total. The molecule has 2 saturated heterocycles. The van der Waals surface area contributed by atoms with E-state index in [0.717, 1.165) is 25.9 Å². The van der Waals surface area contributed by atoms with Gasteiger partial charge in [0.1, 0.15) is 11.7 Å². The predicted molar refractivity (Wildman–Crippen MR) is 142 cm³/mol. The number of rotatable bonds is 12. The van der Waals surface area contributed by atoms with Crippen LogP contribution >= 0.6 is 0 Å². The second-order valence-corrected chi connectivity index (χ2v) is 11.4. The average Bonchev–Trinajstić information content (AvgIpc) is 2.94. The average molecular weight is 561 g/mol. The Morgan fingerprint density at radius 1 is 1.23 bits per heavy atom. The number of carbonyl (C=O) groups excluding carboxylic acids is 1. The van der Waals surface area contributed by atoms with Crippen LogP contribution in [-0.4, -0.2) is 79.4 Å². The first kappa shape index (κ1) is 28.5. The van der Waals surface area contributed by atoms with Gasteiger partial charge in [0, 0.05) is 18.8 Å². The Morgan fingerprint density at radius 3 is 2.54 bits per heavy atom. The molecular weight excluding hydrogens is 528 g/mol. The molecule has 2 atom stereocenters. The number of piperidine rings is 1. The molecule has 4 rings (SSSR count). The molecule has 0 saturated carbocycles. The van der Waals surface area contributed by atoms with E-state index in [-0.39, 0.29) is 28.8 Å². The number of ether oxygens (including phenoxy) is 2. The van der Waals surface area contributed by atoms with E-state index in [1.54, 1.807) is 4.90 Å². The topological polar surface area (TPSA) is 166 Å². The van der Waals surface area contributed by atoms with Crippen LogP contribution in [0.2, 0.25) is 0 Å². The molecule has 2 N–H and O–H groups in total. The van der Waals surface area contributed by atoms with Gasteiger partial charge in [0.05, 0.1) is 23.0 Å². The summed E-state index contributed by atoms with van der Waals surface area (Å²) in [7, 11) is -3.76. The fraction of sp³-hybridized carbons (Fsp3) is 0.480. The van der Waals surface area contributed by atoms with Crippen LogP contribution in [-0.2, 0) is 24.1 Å². The summed E-state index contributed by atoms with van der Waals surface area (Å²) in [4.78, 5) is 32.8. The van der Waals surface area contributed by atoms with E-state index >= 15 is 0 Å². The summed E-state index contributed by atoms with van der Waals surface area (Å²) in [5, 5.41) is 17.4. The third-order valence-electron chi connectivity index (χ3n) is 6.93. The van der Waals surface area contributed by atoms with Gasteiger partial charge in [-0.3, -0.25) is 19.8 Å². The molecule has 39 heavy (non-hydrogen) atoms. The fourth-order valence-corrected chi connectivity index (χ4v) is 6.58. The smallest absolute Gasteiger partial charge is 0.336 e. The molecule has 0 amide bonds. The van der Waals surface area contributed by atoms with Gasteiger partial charge in [0.15, 0.2) is 21.6 Å². The molecule has 1 aromatic carbocycles. The molecule has 0 spiro atoms. The lowest BCUT2D eigenvalue weighted by molar-refractivity contribution is -0.385. The maximum absolute atomic E-state index is 13.3. The Bertz CT molecular complexity index is 1260. The van der Waals surface area contributed by atoms with Crippen molar-refractivity contribution in [2.45, 2.75) is 35.6 Å². The van der Waals surface area contributed by atoms with Crippen LogP contribution in [0.4, 0.5) is 17.2 Å². The molecule has 3 heterocycles. The molecule has 2 aromatic rings. The van der Waals surface area contributed by atoms with E-state index in [0.29, 0.717) is 38.4 Å². The molecule has 1 aromatic heterocycles. The van der Waals surface area contributed by atoms with E-state index in [9.17, 15) is 23.3 Å². The minimum atomic E-state index is -3.76. The first-order chi connectivity index (χ1) is 18.8. The van der Waals surface area contributed by atoms with Gasteiger partial charge >= 0.3 is 5.69 Å². The molecule has 2 aliphatic rings. The largest absolute Gasteiger partial charge is 0.458 e.